The van der Waals surface area contributed by atoms with Crippen molar-refractivity contribution < 1.29 is 13.3 Å². The first-order valence-corrected chi connectivity index (χ1v) is 9.51. The van der Waals surface area contributed by atoms with Gasteiger partial charge in [0.25, 0.3) is 15.7 Å². The van der Waals surface area contributed by atoms with E-state index in [1.165, 1.54) is 23.5 Å². The number of thiazole rings is 1. The van der Waals surface area contributed by atoms with Gasteiger partial charge in [0, 0.05) is 28.8 Å². The van der Waals surface area contributed by atoms with Gasteiger partial charge in [-0.25, -0.2) is 13.4 Å². The number of nitrogens with zero attached hydrogens (tertiary/aromatic N) is 2. The van der Waals surface area contributed by atoms with Gasteiger partial charge in [0.05, 0.1) is 20.5 Å². The molecule has 1 N–H and O–H groups in total. The molecule has 2 aromatic carbocycles. The third-order valence-corrected chi connectivity index (χ3v) is 5.56. The second-order valence-corrected chi connectivity index (χ2v) is 7.93. The second-order valence-electron chi connectivity index (χ2n) is 5.19. The fourth-order valence-electron chi connectivity index (χ4n) is 2.20. The Morgan fingerprint density at radius 1 is 1.16 bits per heavy atom. The number of hydrogen-bond acceptors (Lipinski definition) is 6. The molecule has 1 heterocycles. The molecule has 0 spiro atoms. The molecule has 1 aromatic heterocycles. The largest absolute Gasteiger partial charge is 0.280 e. The van der Waals surface area contributed by atoms with Gasteiger partial charge in [-0.05, 0) is 31.2 Å². The lowest BCUT2D eigenvalue weighted by Gasteiger charge is -2.09. The lowest BCUT2D eigenvalue weighted by Crippen LogP contribution is -2.12. The van der Waals surface area contributed by atoms with Gasteiger partial charge in [-0.3, -0.25) is 14.8 Å². The molecule has 0 radical (unpaired) electrons. The Hall–Kier alpha value is -2.78. The number of aromatic nitrogens is 1. The molecule has 9 heteroatoms. The molecule has 0 unspecified atom stereocenters. The topological polar surface area (TPSA) is 102 Å². The van der Waals surface area contributed by atoms with Crippen LogP contribution in [0.2, 0.25) is 0 Å². The van der Waals surface area contributed by atoms with Crippen LogP contribution in [-0.2, 0) is 10.0 Å². The van der Waals surface area contributed by atoms with Crippen molar-refractivity contribution in [2.24, 2.45) is 0 Å². The number of benzene rings is 2. The Bertz CT molecular complexity index is 1030. The molecule has 0 saturated carbocycles. The van der Waals surface area contributed by atoms with Crippen molar-refractivity contribution in [2.45, 2.75) is 11.8 Å². The molecule has 3 aromatic rings. The van der Waals surface area contributed by atoms with Crippen LogP contribution in [0.25, 0.3) is 11.3 Å². The van der Waals surface area contributed by atoms with Crippen LogP contribution in [0, 0.1) is 17.0 Å². The summed E-state index contributed by atoms with van der Waals surface area (Å²) in [4.78, 5) is 14.4. The summed E-state index contributed by atoms with van der Waals surface area (Å²) in [6.45, 7) is 1.90. The van der Waals surface area contributed by atoms with E-state index >= 15 is 0 Å². The normalized spacial score (nSPS) is 11.2. The number of hydrogen-bond donors (Lipinski definition) is 1. The molecule has 0 saturated heterocycles. The average Bonchev–Trinajstić information content (AvgIpc) is 3.01. The molecule has 0 bridgehead atoms. The van der Waals surface area contributed by atoms with Crippen LogP contribution in [0.5, 0.6) is 0 Å². The number of nitro groups is 1. The van der Waals surface area contributed by atoms with Crippen LogP contribution >= 0.6 is 11.3 Å². The zero-order valence-electron chi connectivity index (χ0n) is 13.0. The molecule has 0 aliphatic rings. The maximum absolute atomic E-state index is 12.4. The maximum Gasteiger partial charge on any atom is 0.269 e. The number of aryl methyl sites for hydroxylation is 1. The lowest BCUT2D eigenvalue weighted by atomic mass is 10.1. The van der Waals surface area contributed by atoms with Crippen molar-refractivity contribution in [2.75, 3.05) is 4.72 Å². The number of non-ortho nitro benzene ring substituents is 1. The third-order valence-electron chi connectivity index (χ3n) is 3.39. The summed E-state index contributed by atoms with van der Waals surface area (Å²) in [5.41, 5.74) is 1.80. The van der Waals surface area contributed by atoms with Gasteiger partial charge in [-0.15, -0.1) is 11.3 Å². The highest BCUT2D eigenvalue weighted by Gasteiger charge is 2.16. The van der Waals surface area contributed by atoms with E-state index in [-0.39, 0.29) is 10.6 Å². The smallest absolute Gasteiger partial charge is 0.269 e. The second kappa shape index (κ2) is 6.61. The highest BCUT2D eigenvalue weighted by molar-refractivity contribution is 7.92. The Morgan fingerprint density at radius 3 is 2.48 bits per heavy atom. The van der Waals surface area contributed by atoms with Crippen LogP contribution < -0.4 is 4.72 Å². The highest BCUT2D eigenvalue weighted by atomic mass is 32.2. The van der Waals surface area contributed by atoms with Gasteiger partial charge in [0.2, 0.25) is 0 Å². The molecule has 0 aliphatic heterocycles. The summed E-state index contributed by atoms with van der Waals surface area (Å²) in [5, 5.41) is 13.5. The van der Waals surface area contributed by atoms with Crippen LogP contribution in [0.4, 0.5) is 11.4 Å². The van der Waals surface area contributed by atoms with Gasteiger partial charge < -0.3 is 0 Å². The van der Waals surface area contributed by atoms with Crippen molar-refractivity contribution >= 4 is 32.7 Å². The van der Waals surface area contributed by atoms with Crippen molar-refractivity contribution in [1.29, 1.82) is 0 Å². The monoisotopic (exact) mass is 375 g/mol. The van der Waals surface area contributed by atoms with Crippen molar-refractivity contribution in [3.63, 3.8) is 0 Å². The molecular formula is C16H13N3O4S2. The molecular weight excluding hydrogens is 362 g/mol. The van der Waals surface area contributed by atoms with Gasteiger partial charge in [0.15, 0.2) is 0 Å². The van der Waals surface area contributed by atoms with Gasteiger partial charge in [0.1, 0.15) is 0 Å². The molecule has 0 amide bonds. The van der Waals surface area contributed by atoms with E-state index in [4.69, 9.17) is 0 Å². The Morgan fingerprint density at radius 2 is 1.88 bits per heavy atom. The molecule has 0 fully saturated rings. The number of rotatable bonds is 5. The van der Waals surface area contributed by atoms with Crippen molar-refractivity contribution in [3.05, 3.63) is 69.0 Å². The molecule has 0 atom stereocenters. The zero-order valence-corrected chi connectivity index (χ0v) is 14.7. The summed E-state index contributed by atoms with van der Waals surface area (Å²) >= 11 is 1.51. The van der Waals surface area contributed by atoms with E-state index in [1.807, 2.05) is 18.4 Å². The quantitative estimate of drug-likeness (QED) is 0.539. The minimum atomic E-state index is -3.84. The number of nitrogens with one attached hydrogen (secondary N) is 1. The average molecular weight is 375 g/mol. The number of sulfonamides is 1. The van der Waals surface area contributed by atoms with Gasteiger partial charge >= 0.3 is 0 Å². The Balaban J connectivity index is 1.87. The SMILES string of the molecule is Cc1nc(-c2cccc(NS(=O)(=O)c3ccc([N+](=O)[O-])cc3)c2)cs1. The predicted molar refractivity (Wildman–Crippen MR) is 96.2 cm³/mol. The van der Waals surface area contributed by atoms with Crippen LogP contribution in [0.3, 0.4) is 0 Å². The van der Waals surface area contributed by atoms with E-state index in [2.05, 4.69) is 9.71 Å². The minimum absolute atomic E-state index is 0.0481. The third kappa shape index (κ3) is 3.83. The van der Waals surface area contributed by atoms with E-state index in [0.717, 1.165) is 28.4 Å². The lowest BCUT2D eigenvalue weighted by molar-refractivity contribution is -0.384. The van der Waals surface area contributed by atoms with E-state index in [0.29, 0.717) is 5.69 Å². The first-order chi connectivity index (χ1) is 11.8. The number of anilines is 1. The van der Waals surface area contributed by atoms with Gasteiger partial charge in [-0.1, -0.05) is 12.1 Å². The Kier molecular flexibility index (Phi) is 4.51. The standard InChI is InChI=1S/C16H13N3O4S2/c1-11-17-16(10-24-11)12-3-2-4-13(9-12)18-25(22,23)15-7-5-14(6-8-15)19(20)21/h2-10,18H,1H3. The molecule has 25 heavy (non-hydrogen) atoms. The van der Waals surface area contributed by atoms with Gasteiger partial charge in [-0.2, -0.15) is 0 Å². The molecule has 128 valence electrons. The summed E-state index contributed by atoms with van der Waals surface area (Å²) in [7, 11) is -3.84. The number of nitro benzene ring substituents is 1. The fraction of sp³-hybridized carbons (Fsp3) is 0.0625. The zero-order chi connectivity index (χ0) is 18.0. The van der Waals surface area contributed by atoms with Crippen LogP contribution in [0.15, 0.2) is 58.8 Å². The minimum Gasteiger partial charge on any atom is -0.280 e. The molecule has 3 rings (SSSR count). The fourth-order valence-corrected chi connectivity index (χ4v) is 3.87. The summed E-state index contributed by atoms with van der Waals surface area (Å²) in [6.07, 6.45) is 0. The highest BCUT2D eigenvalue weighted by Crippen LogP contribution is 2.26. The predicted octanol–water partition coefficient (Wildman–Crippen LogP) is 3.83. The van der Waals surface area contributed by atoms with E-state index in [9.17, 15) is 18.5 Å². The first-order valence-electron chi connectivity index (χ1n) is 7.15. The van der Waals surface area contributed by atoms with E-state index < -0.39 is 14.9 Å². The van der Waals surface area contributed by atoms with Crippen molar-refractivity contribution in [1.82, 2.24) is 4.98 Å². The van der Waals surface area contributed by atoms with Crippen LogP contribution in [0.1, 0.15) is 5.01 Å². The maximum atomic E-state index is 12.4. The summed E-state index contributed by atoms with van der Waals surface area (Å²) < 4.78 is 27.4. The van der Waals surface area contributed by atoms with E-state index in [1.54, 1.807) is 18.2 Å². The molecule has 7 nitrogen and oxygen atoms in total. The first kappa shape index (κ1) is 17.1. The molecule has 0 aliphatic carbocycles. The Labute approximate surface area is 148 Å². The van der Waals surface area contributed by atoms with Crippen molar-refractivity contribution in [3.8, 4) is 11.3 Å². The van der Waals surface area contributed by atoms with Crippen LogP contribution in [-0.4, -0.2) is 18.3 Å². The summed E-state index contributed by atoms with van der Waals surface area (Å²) in [6, 6.07) is 11.6. The summed E-state index contributed by atoms with van der Waals surface area (Å²) in [5.74, 6) is 0.